The van der Waals surface area contributed by atoms with Crippen molar-refractivity contribution in [3.05, 3.63) is 95.1 Å². The second-order valence-corrected chi connectivity index (χ2v) is 6.27. The topological polar surface area (TPSA) is 59.9 Å². The fraction of sp³-hybridized carbons (Fsp3) is 0.130. The van der Waals surface area contributed by atoms with E-state index in [0.717, 1.165) is 16.9 Å². The highest BCUT2D eigenvalue weighted by Gasteiger charge is 2.04. The molecule has 0 saturated carbocycles. The van der Waals surface area contributed by atoms with E-state index in [9.17, 15) is 4.79 Å². The van der Waals surface area contributed by atoms with Crippen molar-refractivity contribution in [3.63, 3.8) is 0 Å². The lowest BCUT2D eigenvalue weighted by atomic mass is 10.2. The van der Waals surface area contributed by atoms with Crippen LogP contribution in [0.2, 0.25) is 0 Å². The summed E-state index contributed by atoms with van der Waals surface area (Å²) in [6.45, 7) is 2.53. The van der Waals surface area contributed by atoms with Crippen molar-refractivity contribution in [2.45, 2.75) is 13.5 Å². The third-order valence-corrected chi connectivity index (χ3v) is 4.12. The third-order valence-electron chi connectivity index (χ3n) is 4.12. The highest BCUT2D eigenvalue weighted by molar-refractivity contribution is 5.95. The van der Waals surface area contributed by atoms with Crippen molar-refractivity contribution in [3.8, 4) is 11.5 Å². The molecule has 0 spiro atoms. The van der Waals surface area contributed by atoms with Gasteiger partial charge in [0.25, 0.3) is 5.91 Å². The number of aryl methyl sites for hydroxylation is 1. The SMILES string of the molecule is COc1cccc(/C=N\NC(=O)c2ccc(OCc3ccc(C)cc3)cc2)c1. The summed E-state index contributed by atoms with van der Waals surface area (Å²) in [7, 11) is 1.60. The minimum Gasteiger partial charge on any atom is -0.497 e. The zero-order chi connectivity index (χ0) is 19.8. The number of carbonyl (C=O) groups is 1. The molecule has 5 nitrogen and oxygen atoms in total. The van der Waals surface area contributed by atoms with Crippen LogP contribution >= 0.6 is 0 Å². The van der Waals surface area contributed by atoms with Crippen LogP contribution in [0.25, 0.3) is 0 Å². The molecule has 0 aliphatic heterocycles. The van der Waals surface area contributed by atoms with Crippen LogP contribution in [0.5, 0.6) is 11.5 Å². The Balaban J connectivity index is 1.52. The van der Waals surface area contributed by atoms with E-state index in [1.807, 2.05) is 36.4 Å². The van der Waals surface area contributed by atoms with Crippen LogP contribution in [0.4, 0.5) is 0 Å². The number of hydrogen-bond acceptors (Lipinski definition) is 4. The number of rotatable bonds is 7. The van der Waals surface area contributed by atoms with Gasteiger partial charge in [-0.2, -0.15) is 5.10 Å². The Morgan fingerprint density at radius 2 is 1.75 bits per heavy atom. The molecule has 0 bridgehead atoms. The summed E-state index contributed by atoms with van der Waals surface area (Å²) < 4.78 is 10.9. The molecule has 1 amide bonds. The molecule has 0 heterocycles. The van der Waals surface area contributed by atoms with Crippen molar-refractivity contribution >= 4 is 12.1 Å². The molecule has 3 aromatic rings. The average molecular weight is 374 g/mol. The molecule has 0 saturated heterocycles. The number of nitrogens with one attached hydrogen (secondary N) is 1. The molecule has 3 rings (SSSR count). The molecule has 5 heteroatoms. The molecule has 0 aliphatic carbocycles. The minimum atomic E-state index is -0.288. The summed E-state index contributed by atoms with van der Waals surface area (Å²) in [6.07, 6.45) is 1.57. The molecule has 142 valence electrons. The van der Waals surface area contributed by atoms with Crippen LogP contribution in [0.1, 0.15) is 27.0 Å². The Bertz CT molecular complexity index is 948. The lowest BCUT2D eigenvalue weighted by Crippen LogP contribution is -2.17. The maximum absolute atomic E-state index is 12.2. The second kappa shape index (κ2) is 9.37. The minimum absolute atomic E-state index is 0.288. The summed E-state index contributed by atoms with van der Waals surface area (Å²) >= 11 is 0. The van der Waals surface area contributed by atoms with Crippen molar-refractivity contribution in [1.29, 1.82) is 0 Å². The van der Waals surface area contributed by atoms with Gasteiger partial charge in [-0.3, -0.25) is 4.79 Å². The highest BCUT2D eigenvalue weighted by Crippen LogP contribution is 2.15. The van der Waals surface area contributed by atoms with Crippen LogP contribution in [0, 0.1) is 6.92 Å². The molecule has 0 fully saturated rings. The van der Waals surface area contributed by atoms with Gasteiger partial charge in [-0.25, -0.2) is 5.43 Å². The largest absolute Gasteiger partial charge is 0.497 e. The number of amides is 1. The molecule has 0 aliphatic rings. The van der Waals surface area contributed by atoms with Crippen LogP contribution in [0.3, 0.4) is 0 Å². The Labute approximate surface area is 164 Å². The van der Waals surface area contributed by atoms with Gasteiger partial charge in [0.1, 0.15) is 18.1 Å². The van der Waals surface area contributed by atoms with Gasteiger partial charge in [0.15, 0.2) is 0 Å². The van der Waals surface area contributed by atoms with E-state index in [2.05, 4.69) is 29.6 Å². The van der Waals surface area contributed by atoms with Crippen molar-refractivity contribution in [2.75, 3.05) is 7.11 Å². The first kappa shape index (κ1) is 19.2. The van der Waals surface area contributed by atoms with Crippen molar-refractivity contribution < 1.29 is 14.3 Å². The van der Waals surface area contributed by atoms with Gasteiger partial charge in [-0.15, -0.1) is 0 Å². The molecule has 3 aromatic carbocycles. The lowest BCUT2D eigenvalue weighted by molar-refractivity contribution is 0.0955. The number of nitrogens with zero attached hydrogens (tertiary/aromatic N) is 1. The fourth-order valence-corrected chi connectivity index (χ4v) is 2.51. The Morgan fingerprint density at radius 3 is 2.46 bits per heavy atom. The molecule has 0 radical (unpaired) electrons. The summed E-state index contributed by atoms with van der Waals surface area (Å²) in [4.78, 5) is 12.2. The number of hydrogen-bond donors (Lipinski definition) is 1. The van der Waals surface area contributed by atoms with E-state index in [0.29, 0.717) is 17.9 Å². The second-order valence-electron chi connectivity index (χ2n) is 6.27. The monoisotopic (exact) mass is 374 g/mol. The van der Waals surface area contributed by atoms with Crippen molar-refractivity contribution in [1.82, 2.24) is 5.43 Å². The molecule has 0 unspecified atom stereocenters. The van der Waals surface area contributed by atoms with E-state index in [1.165, 1.54) is 5.56 Å². The van der Waals surface area contributed by atoms with Crippen LogP contribution in [0.15, 0.2) is 77.9 Å². The first-order valence-corrected chi connectivity index (χ1v) is 8.90. The van der Waals surface area contributed by atoms with Crippen LogP contribution in [-0.4, -0.2) is 19.2 Å². The fourth-order valence-electron chi connectivity index (χ4n) is 2.51. The molecule has 1 N–H and O–H groups in total. The smallest absolute Gasteiger partial charge is 0.271 e. The number of ether oxygens (including phenoxy) is 2. The maximum atomic E-state index is 12.2. The van der Waals surface area contributed by atoms with E-state index < -0.39 is 0 Å². The van der Waals surface area contributed by atoms with Gasteiger partial charge in [0.05, 0.1) is 13.3 Å². The van der Waals surface area contributed by atoms with Gasteiger partial charge in [-0.1, -0.05) is 42.0 Å². The molecule has 0 atom stereocenters. The molecule has 0 aromatic heterocycles. The van der Waals surface area contributed by atoms with Gasteiger partial charge in [0.2, 0.25) is 0 Å². The molecular weight excluding hydrogens is 352 g/mol. The standard InChI is InChI=1S/C23H22N2O3/c1-17-6-8-18(9-7-17)16-28-21-12-10-20(11-13-21)23(26)25-24-15-19-4-3-5-22(14-19)27-2/h3-15H,16H2,1-2H3,(H,25,26)/b24-15-. The normalized spacial score (nSPS) is 10.6. The van der Waals surface area contributed by atoms with Gasteiger partial charge in [0, 0.05) is 5.56 Å². The Hall–Kier alpha value is -3.60. The van der Waals surface area contributed by atoms with Crippen LogP contribution in [-0.2, 0) is 6.61 Å². The van der Waals surface area contributed by atoms with Gasteiger partial charge < -0.3 is 9.47 Å². The van der Waals surface area contributed by atoms with Crippen LogP contribution < -0.4 is 14.9 Å². The summed E-state index contributed by atoms with van der Waals surface area (Å²) in [5.41, 5.74) is 6.17. The first-order chi connectivity index (χ1) is 13.6. The zero-order valence-electron chi connectivity index (χ0n) is 15.9. The number of hydrazone groups is 1. The number of methoxy groups -OCH3 is 1. The van der Waals surface area contributed by atoms with E-state index in [-0.39, 0.29) is 5.91 Å². The average Bonchev–Trinajstić information content (AvgIpc) is 2.74. The first-order valence-electron chi connectivity index (χ1n) is 8.90. The van der Waals surface area contributed by atoms with E-state index in [1.54, 1.807) is 37.6 Å². The van der Waals surface area contributed by atoms with E-state index in [4.69, 9.17) is 9.47 Å². The summed E-state index contributed by atoms with van der Waals surface area (Å²) in [5.74, 6) is 1.15. The number of benzene rings is 3. The summed E-state index contributed by atoms with van der Waals surface area (Å²) in [6, 6.07) is 22.6. The predicted octanol–water partition coefficient (Wildman–Crippen LogP) is 4.35. The Kier molecular flexibility index (Phi) is 6.41. The predicted molar refractivity (Wildman–Crippen MR) is 110 cm³/mol. The van der Waals surface area contributed by atoms with E-state index >= 15 is 0 Å². The molecular formula is C23H22N2O3. The zero-order valence-corrected chi connectivity index (χ0v) is 15.9. The highest BCUT2D eigenvalue weighted by atomic mass is 16.5. The summed E-state index contributed by atoms with van der Waals surface area (Å²) in [5, 5.41) is 3.99. The quantitative estimate of drug-likeness (QED) is 0.494. The Morgan fingerprint density at radius 1 is 1.00 bits per heavy atom. The molecule has 28 heavy (non-hydrogen) atoms. The number of carbonyl (C=O) groups excluding carboxylic acids is 1. The third kappa shape index (κ3) is 5.45. The lowest BCUT2D eigenvalue weighted by Gasteiger charge is -2.07. The van der Waals surface area contributed by atoms with Gasteiger partial charge >= 0.3 is 0 Å². The maximum Gasteiger partial charge on any atom is 0.271 e. The van der Waals surface area contributed by atoms with Gasteiger partial charge in [-0.05, 0) is 54.4 Å². The van der Waals surface area contributed by atoms with Crippen molar-refractivity contribution in [2.24, 2.45) is 5.10 Å².